The number of urea groups is 1. The number of hydrogen-bond acceptors (Lipinski definition) is 4. The van der Waals surface area contributed by atoms with E-state index in [1.165, 1.54) is 28.8 Å². The first-order valence-electron chi connectivity index (χ1n) is 6.26. The van der Waals surface area contributed by atoms with Gasteiger partial charge in [0.05, 0.1) is 18.4 Å². The monoisotopic (exact) mass is 305 g/mol. The first kappa shape index (κ1) is 15.0. The summed E-state index contributed by atoms with van der Waals surface area (Å²) in [6.07, 6.45) is 1.31. The molecule has 2 aromatic rings. The van der Waals surface area contributed by atoms with Crippen LogP contribution in [0.15, 0.2) is 24.4 Å². The molecule has 0 spiro atoms. The number of aromatic carboxylic acids is 1. The number of nitrogens with zero attached hydrogens (tertiary/aromatic N) is 1. The summed E-state index contributed by atoms with van der Waals surface area (Å²) in [6, 6.07) is 4.52. The first-order valence-corrected chi connectivity index (χ1v) is 7.07. The van der Waals surface area contributed by atoms with Gasteiger partial charge in [0, 0.05) is 9.75 Å². The summed E-state index contributed by atoms with van der Waals surface area (Å²) in [5, 5.41) is 14.1. The molecule has 7 heteroatoms. The van der Waals surface area contributed by atoms with E-state index in [4.69, 9.17) is 5.11 Å². The Bertz CT molecular complexity index is 645. The zero-order chi connectivity index (χ0) is 15.4. The second-order valence-electron chi connectivity index (χ2n) is 4.50. The van der Waals surface area contributed by atoms with E-state index in [1.807, 2.05) is 19.9 Å². The highest BCUT2D eigenvalue weighted by Crippen LogP contribution is 2.20. The Hall–Kier alpha value is -2.41. The summed E-state index contributed by atoms with van der Waals surface area (Å²) in [4.78, 5) is 28.4. The standard InChI is InChI=1S/C14H15N3O3S/c1-8-5-11(21-9(8)2)7-16-14(20)17-10-3-4-12(13(18)19)15-6-10/h3-6H,7H2,1-2H3,(H,18,19)(H2,16,17,20). The number of nitrogens with one attached hydrogen (secondary N) is 2. The van der Waals surface area contributed by atoms with Crippen LogP contribution >= 0.6 is 11.3 Å². The summed E-state index contributed by atoms with van der Waals surface area (Å²) in [5.74, 6) is -1.10. The smallest absolute Gasteiger partial charge is 0.354 e. The van der Waals surface area contributed by atoms with E-state index in [0.717, 1.165) is 4.88 Å². The van der Waals surface area contributed by atoms with Crippen LogP contribution in [0.5, 0.6) is 0 Å². The number of aryl methyl sites for hydroxylation is 2. The van der Waals surface area contributed by atoms with Gasteiger partial charge < -0.3 is 15.7 Å². The van der Waals surface area contributed by atoms with Gasteiger partial charge in [-0.3, -0.25) is 0 Å². The fraction of sp³-hybridized carbons (Fsp3) is 0.214. The van der Waals surface area contributed by atoms with Crippen LogP contribution in [0.2, 0.25) is 0 Å². The van der Waals surface area contributed by atoms with Crippen molar-refractivity contribution in [2.24, 2.45) is 0 Å². The lowest BCUT2D eigenvalue weighted by atomic mass is 10.3. The quantitative estimate of drug-likeness (QED) is 0.810. The number of hydrogen-bond donors (Lipinski definition) is 3. The van der Waals surface area contributed by atoms with Gasteiger partial charge in [-0.15, -0.1) is 11.3 Å². The molecule has 0 atom stereocenters. The van der Waals surface area contributed by atoms with Gasteiger partial charge in [0.2, 0.25) is 0 Å². The average molecular weight is 305 g/mol. The highest BCUT2D eigenvalue weighted by Gasteiger charge is 2.07. The molecule has 3 N–H and O–H groups in total. The molecule has 0 radical (unpaired) electrons. The van der Waals surface area contributed by atoms with Crippen LogP contribution < -0.4 is 10.6 Å². The average Bonchev–Trinajstić information content (AvgIpc) is 2.76. The Kier molecular flexibility index (Phi) is 4.54. The molecule has 0 unspecified atom stereocenters. The summed E-state index contributed by atoms with van der Waals surface area (Å²) in [5.41, 5.74) is 1.59. The molecule has 0 saturated heterocycles. The molecular formula is C14H15N3O3S. The maximum Gasteiger partial charge on any atom is 0.354 e. The van der Waals surface area contributed by atoms with E-state index in [2.05, 4.69) is 15.6 Å². The van der Waals surface area contributed by atoms with Crippen molar-refractivity contribution < 1.29 is 14.7 Å². The van der Waals surface area contributed by atoms with E-state index >= 15 is 0 Å². The van der Waals surface area contributed by atoms with Crippen LogP contribution in [0, 0.1) is 13.8 Å². The van der Waals surface area contributed by atoms with Crippen molar-refractivity contribution in [1.82, 2.24) is 10.3 Å². The van der Waals surface area contributed by atoms with Crippen LogP contribution in [-0.2, 0) is 6.54 Å². The maximum absolute atomic E-state index is 11.7. The molecule has 110 valence electrons. The molecule has 0 aliphatic heterocycles. The molecule has 2 heterocycles. The third kappa shape index (κ3) is 4.03. The minimum absolute atomic E-state index is 0.0644. The number of aromatic nitrogens is 1. The van der Waals surface area contributed by atoms with Gasteiger partial charge in [-0.05, 0) is 37.6 Å². The lowest BCUT2D eigenvalue weighted by Crippen LogP contribution is -2.27. The summed E-state index contributed by atoms with van der Waals surface area (Å²) >= 11 is 1.65. The van der Waals surface area contributed by atoms with Crippen LogP contribution in [-0.4, -0.2) is 22.1 Å². The van der Waals surface area contributed by atoms with Crippen LogP contribution in [0.1, 0.15) is 25.8 Å². The number of carbonyl (C=O) groups is 2. The zero-order valence-electron chi connectivity index (χ0n) is 11.6. The Morgan fingerprint density at radius 2 is 2.10 bits per heavy atom. The first-order chi connectivity index (χ1) is 9.95. The highest BCUT2D eigenvalue weighted by molar-refractivity contribution is 7.12. The number of carboxylic acid groups (broad SMARTS) is 1. The molecule has 0 saturated carbocycles. The lowest BCUT2D eigenvalue weighted by Gasteiger charge is -2.06. The maximum atomic E-state index is 11.7. The zero-order valence-corrected chi connectivity index (χ0v) is 12.5. The molecule has 6 nitrogen and oxygen atoms in total. The number of thiophene rings is 1. The molecule has 0 bridgehead atoms. The number of pyridine rings is 1. The van der Waals surface area contributed by atoms with Gasteiger partial charge in [0.25, 0.3) is 0 Å². The van der Waals surface area contributed by atoms with Crippen molar-refractivity contribution in [3.05, 3.63) is 45.4 Å². The van der Waals surface area contributed by atoms with Gasteiger partial charge >= 0.3 is 12.0 Å². The van der Waals surface area contributed by atoms with Crippen LogP contribution in [0.4, 0.5) is 10.5 Å². The minimum Gasteiger partial charge on any atom is -0.477 e. The largest absolute Gasteiger partial charge is 0.477 e. The Labute approximate surface area is 125 Å². The molecule has 2 amide bonds. The van der Waals surface area contributed by atoms with Crippen LogP contribution in [0.25, 0.3) is 0 Å². The number of amides is 2. The van der Waals surface area contributed by atoms with Crippen molar-refractivity contribution in [2.45, 2.75) is 20.4 Å². The second-order valence-corrected chi connectivity index (χ2v) is 5.84. The Morgan fingerprint density at radius 3 is 2.62 bits per heavy atom. The van der Waals surface area contributed by atoms with Crippen molar-refractivity contribution in [2.75, 3.05) is 5.32 Å². The minimum atomic E-state index is -1.10. The fourth-order valence-electron chi connectivity index (χ4n) is 1.67. The van der Waals surface area contributed by atoms with Gasteiger partial charge in [-0.2, -0.15) is 0 Å². The molecule has 0 fully saturated rings. The number of rotatable bonds is 4. The molecule has 2 rings (SSSR count). The molecule has 21 heavy (non-hydrogen) atoms. The van der Waals surface area contributed by atoms with E-state index in [0.29, 0.717) is 12.2 Å². The highest BCUT2D eigenvalue weighted by atomic mass is 32.1. The fourth-order valence-corrected chi connectivity index (χ4v) is 2.67. The van der Waals surface area contributed by atoms with E-state index < -0.39 is 5.97 Å². The Morgan fingerprint density at radius 1 is 1.33 bits per heavy atom. The van der Waals surface area contributed by atoms with Crippen LogP contribution in [0.3, 0.4) is 0 Å². The molecule has 0 aliphatic carbocycles. The predicted octanol–water partition coefficient (Wildman–Crippen LogP) is 2.78. The number of carbonyl (C=O) groups excluding carboxylic acids is 1. The number of carboxylic acids is 1. The van der Waals surface area contributed by atoms with Crippen molar-refractivity contribution in [3.8, 4) is 0 Å². The third-order valence-electron chi connectivity index (χ3n) is 2.88. The van der Waals surface area contributed by atoms with Gasteiger partial charge in [-0.25, -0.2) is 14.6 Å². The van der Waals surface area contributed by atoms with Gasteiger partial charge in [0.1, 0.15) is 5.69 Å². The van der Waals surface area contributed by atoms with Crippen molar-refractivity contribution in [1.29, 1.82) is 0 Å². The normalized spacial score (nSPS) is 10.2. The Balaban J connectivity index is 1.88. The van der Waals surface area contributed by atoms with Crippen molar-refractivity contribution in [3.63, 3.8) is 0 Å². The van der Waals surface area contributed by atoms with Gasteiger partial charge in [0.15, 0.2) is 0 Å². The third-order valence-corrected chi connectivity index (χ3v) is 4.03. The summed E-state index contributed by atoms with van der Waals surface area (Å²) < 4.78 is 0. The molecule has 0 aliphatic rings. The van der Waals surface area contributed by atoms with E-state index in [-0.39, 0.29) is 11.7 Å². The molecular weight excluding hydrogens is 290 g/mol. The number of anilines is 1. The topological polar surface area (TPSA) is 91.3 Å². The molecule has 2 aromatic heterocycles. The summed E-state index contributed by atoms with van der Waals surface area (Å²) in [7, 11) is 0. The SMILES string of the molecule is Cc1cc(CNC(=O)Nc2ccc(C(=O)O)nc2)sc1C. The molecule has 0 aromatic carbocycles. The lowest BCUT2D eigenvalue weighted by molar-refractivity contribution is 0.0690. The predicted molar refractivity (Wildman–Crippen MR) is 80.8 cm³/mol. The second kappa shape index (κ2) is 6.36. The summed E-state index contributed by atoms with van der Waals surface area (Å²) in [6.45, 7) is 4.52. The van der Waals surface area contributed by atoms with Gasteiger partial charge in [-0.1, -0.05) is 0 Å². The van der Waals surface area contributed by atoms with Crippen molar-refractivity contribution >= 4 is 29.0 Å². The van der Waals surface area contributed by atoms with E-state index in [9.17, 15) is 9.59 Å². The van der Waals surface area contributed by atoms with E-state index in [1.54, 1.807) is 11.3 Å².